The van der Waals surface area contributed by atoms with Crippen molar-refractivity contribution in [3.8, 4) is 0 Å². The number of amides is 2. The third-order valence-corrected chi connectivity index (χ3v) is 5.46. The summed E-state index contributed by atoms with van der Waals surface area (Å²) in [5.74, 6) is -0.606. The van der Waals surface area contributed by atoms with Crippen molar-refractivity contribution in [1.82, 2.24) is 15.2 Å². The summed E-state index contributed by atoms with van der Waals surface area (Å²) in [6.07, 6.45) is 1.69. The number of aromatic nitrogens is 2. The van der Waals surface area contributed by atoms with Crippen LogP contribution in [0.2, 0.25) is 0 Å². The van der Waals surface area contributed by atoms with Crippen LogP contribution in [0.1, 0.15) is 59.7 Å². The van der Waals surface area contributed by atoms with Crippen molar-refractivity contribution in [2.75, 3.05) is 5.32 Å². The maximum atomic E-state index is 12.7. The number of hydrazone groups is 1. The van der Waals surface area contributed by atoms with E-state index in [2.05, 4.69) is 57.6 Å². The van der Waals surface area contributed by atoms with Crippen molar-refractivity contribution in [2.24, 2.45) is 12.1 Å². The molecule has 1 heterocycles. The number of hydrogen-bond donors (Lipinski definition) is 2. The van der Waals surface area contributed by atoms with E-state index in [1.54, 1.807) is 24.9 Å². The molecule has 0 saturated carbocycles. The fourth-order valence-electron chi connectivity index (χ4n) is 3.01. The van der Waals surface area contributed by atoms with E-state index in [9.17, 15) is 9.59 Å². The van der Waals surface area contributed by atoms with Gasteiger partial charge in [0.25, 0.3) is 11.8 Å². The lowest BCUT2D eigenvalue weighted by molar-refractivity contribution is 0.0947. The minimum atomic E-state index is -0.417. The molecule has 0 atom stereocenters. The molecule has 0 saturated heterocycles. The van der Waals surface area contributed by atoms with Gasteiger partial charge in [-0.15, -0.1) is 0 Å². The molecular weight excluding hydrogens is 470 g/mol. The highest BCUT2D eigenvalue weighted by Gasteiger charge is 2.15. The number of carbonyl (C=O) groups is 2. The van der Waals surface area contributed by atoms with Crippen molar-refractivity contribution < 1.29 is 9.59 Å². The van der Waals surface area contributed by atoms with Crippen LogP contribution in [0.25, 0.3) is 0 Å². The highest BCUT2D eigenvalue weighted by Crippen LogP contribution is 2.22. The smallest absolute Gasteiger partial charge is 0.293 e. The quantitative estimate of drug-likeness (QED) is 0.390. The van der Waals surface area contributed by atoms with Crippen molar-refractivity contribution in [3.63, 3.8) is 0 Å². The Balaban J connectivity index is 1.69. The third-order valence-electron chi connectivity index (χ3n) is 4.88. The zero-order valence-electron chi connectivity index (χ0n) is 18.7. The SMILES string of the molecule is C/C(=N\NC(=O)c1nn(C)cc1Br)c1cccc(NC(=O)c2ccc(C(C)(C)C)cc2)c1. The van der Waals surface area contributed by atoms with E-state index in [0.29, 0.717) is 21.4 Å². The Hall–Kier alpha value is -3.26. The highest BCUT2D eigenvalue weighted by atomic mass is 79.9. The molecule has 1 aromatic heterocycles. The van der Waals surface area contributed by atoms with E-state index in [1.807, 2.05) is 48.5 Å². The number of benzene rings is 2. The third kappa shape index (κ3) is 5.70. The summed E-state index contributed by atoms with van der Waals surface area (Å²) >= 11 is 3.30. The van der Waals surface area contributed by atoms with Gasteiger partial charge in [-0.2, -0.15) is 10.2 Å². The molecule has 3 aromatic rings. The van der Waals surface area contributed by atoms with Gasteiger partial charge in [0, 0.05) is 24.5 Å². The number of hydrogen-bond acceptors (Lipinski definition) is 4. The number of aryl methyl sites for hydroxylation is 1. The predicted octanol–water partition coefficient (Wildman–Crippen LogP) is 4.89. The average molecular weight is 496 g/mol. The first-order valence-electron chi connectivity index (χ1n) is 10.1. The Morgan fingerprint density at radius 3 is 2.31 bits per heavy atom. The molecule has 0 fully saturated rings. The van der Waals surface area contributed by atoms with E-state index in [-0.39, 0.29) is 17.0 Å². The molecule has 0 aliphatic heterocycles. The molecule has 8 heteroatoms. The number of rotatable bonds is 5. The van der Waals surface area contributed by atoms with Gasteiger partial charge in [0.15, 0.2) is 5.69 Å². The van der Waals surface area contributed by atoms with Crippen LogP contribution < -0.4 is 10.7 Å². The second-order valence-corrected chi connectivity index (χ2v) is 9.35. The summed E-state index contributed by atoms with van der Waals surface area (Å²) in [5.41, 5.74) is 6.55. The second-order valence-electron chi connectivity index (χ2n) is 8.50. The molecule has 0 radical (unpaired) electrons. The van der Waals surface area contributed by atoms with Gasteiger partial charge in [-0.3, -0.25) is 14.3 Å². The summed E-state index contributed by atoms with van der Waals surface area (Å²) in [7, 11) is 1.73. The summed E-state index contributed by atoms with van der Waals surface area (Å²) in [6.45, 7) is 8.18. The Bertz CT molecular complexity index is 1170. The van der Waals surface area contributed by atoms with Crippen LogP contribution in [0.15, 0.2) is 64.3 Å². The van der Waals surface area contributed by atoms with Crippen molar-refractivity contribution in [2.45, 2.75) is 33.1 Å². The molecule has 2 amide bonds. The van der Waals surface area contributed by atoms with Crippen molar-refractivity contribution in [1.29, 1.82) is 0 Å². The number of carbonyl (C=O) groups excluding carboxylic acids is 2. The predicted molar refractivity (Wildman–Crippen MR) is 130 cm³/mol. The lowest BCUT2D eigenvalue weighted by atomic mass is 9.87. The molecule has 0 spiro atoms. The van der Waals surface area contributed by atoms with Gasteiger partial charge >= 0.3 is 0 Å². The Kier molecular flexibility index (Phi) is 6.93. The zero-order valence-corrected chi connectivity index (χ0v) is 20.3. The van der Waals surface area contributed by atoms with Crippen LogP contribution in [-0.4, -0.2) is 27.3 Å². The Labute approximate surface area is 196 Å². The molecule has 0 unspecified atom stereocenters. The zero-order chi connectivity index (χ0) is 23.5. The highest BCUT2D eigenvalue weighted by molar-refractivity contribution is 9.10. The van der Waals surface area contributed by atoms with Gasteiger partial charge in [-0.1, -0.05) is 45.0 Å². The summed E-state index contributed by atoms with van der Waals surface area (Å²) < 4.78 is 2.13. The molecule has 2 aromatic carbocycles. The first-order valence-corrected chi connectivity index (χ1v) is 10.9. The van der Waals surface area contributed by atoms with Crippen molar-refractivity contribution >= 4 is 39.1 Å². The van der Waals surface area contributed by atoms with Crippen LogP contribution >= 0.6 is 15.9 Å². The number of nitrogens with one attached hydrogen (secondary N) is 2. The van der Waals surface area contributed by atoms with Gasteiger partial charge in [0.1, 0.15) is 0 Å². The van der Waals surface area contributed by atoms with E-state index in [4.69, 9.17) is 0 Å². The molecular formula is C24H26BrN5O2. The second kappa shape index (κ2) is 9.48. The lowest BCUT2D eigenvalue weighted by Crippen LogP contribution is -2.20. The lowest BCUT2D eigenvalue weighted by Gasteiger charge is -2.19. The number of anilines is 1. The normalized spacial score (nSPS) is 11.9. The molecule has 0 bridgehead atoms. The van der Waals surface area contributed by atoms with Crippen LogP contribution in [-0.2, 0) is 12.5 Å². The van der Waals surface area contributed by atoms with Crippen LogP contribution in [0.5, 0.6) is 0 Å². The molecule has 2 N–H and O–H groups in total. The van der Waals surface area contributed by atoms with E-state index in [0.717, 1.165) is 5.56 Å². The molecule has 32 heavy (non-hydrogen) atoms. The Morgan fingerprint density at radius 1 is 1.03 bits per heavy atom. The van der Waals surface area contributed by atoms with Crippen molar-refractivity contribution in [3.05, 3.63) is 81.6 Å². The largest absolute Gasteiger partial charge is 0.322 e. The molecule has 166 valence electrons. The standard InChI is InChI=1S/C24H26BrN5O2/c1-15(27-28-23(32)21-20(25)14-30(5)29-21)17-7-6-8-19(13-17)26-22(31)16-9-11-18(12-10-16)24(2,3)4/h6-14H,1-5H3,(H,26,31)(H,28,32)/b27-15+. The molecule has 0 aliphatic rings. The van der Waals surface area contributed by atoms with E-state index in [1.165, 1.54) is 5.56 Å². The van der Waals surface area contributed by atoms with Gasteiger partial charge in [-0.05, 0) is 63.7 Å². The number of halogens is 1. The minimum absolute atomic E-state index is 0.0300. The minimum Gasteiger partial charge on any atom is -0.322 e. The van der Waals surface area contributed by atoms with E-state index >= 15 is 0 Å². The number of nitrogens with zero attached hydrogens (tertiary/aromatic N) is 3. The van der Waals surface area contributed by atoms with Gasteiger partial charge in [0.2, 0.25) is 0 Å². The first kappa shape index (κ1) is 23.4. The molecule has 0 aliphatic carbocycles. The maximum absolute atomic E-state index is 12.7. The molecule has 7 nitrogen and oxygen atoms in total. The first-order chi connectivity index (χ1) is 15.0. The topological polar surface area (TPSA) is 88.4 Å². The molecule has 3 rings (SSSR count). The average Bonchev–Trinajstić information content (AvgIpc) is 3.09. The van der Waals surface area contributed by atoms with Crippen LogP contribution in [0.4, 0.5) is 5.69 Å². The monoisotopic (exact) mass is 495 g/mol. The van der Waals surface area contributed by atoms with E-state index < -0.39 is 5.91 Å². The summed E-state index contributed by atoms with van der Waals surface area (Å²) in [5, 5.41) is 11.2. The van der Waals surface area contributed by atoms with Gasteiger partial charge in [0.05, 0.1) is 10.2 Å². The van der Waals surface area contributed by atoms with Crippen LogP contribution in [0.3, 0.4) is 0 Å². The maximum Gasteiger partial charge on any atom is 0.293 e. The summed E-state index contributed by atoms with van der Waals surface area (Å²) in [6, 6.07) is 14.9. The fourth-order valence-corrected chi connectivity index (χ4v) is 3.57. The van der Waals surface area contributed by atoms with Gasteiger partial charge < -0.3 is 5.32 Å². The van der Waals surface area contributed by atoms with Gasteiger partial charge in [-0.25, -0.2) is 5.43 Å². The summed E-state index contributed by atoms with van der Waals surface area (Å²) in [4.78, 5) is 24.9. The van der Waals surface area contributed by atoms with Crippen LogP contribution in [0, 0.1) is 0 Å². The fraction of sp³-hybridized carbons (Fsp3) is 0.250. The Morgan fingerprint density at radius 2 is 1.72 bits per heavy atom.